The van der Waals surface area contributed by atoms with Crippen LogP contribution in [0.4, 0.5) is 0 Å². The van der Waals surface area contributed by atoms with E-state index in [9.17, 15) is 9.59 Å². The fraction of sp³-hybridized carbons (Fsp3) is 0.364. The number of pyridine rings is 1. The normalized spacial score (nSPS) is 10.3. The van der Waals surface area contributed by atoms with Gasteiger partial charge in [0.1, 0.15) is 21.1 Å². The number of aromatic nitrogens is 1. The highest BCUT2D eigenvalue weighted by Gasteiger charge is 2.19. The lowest BCUT2D eigenvalue weighted by atomic mass is 10.0. The van der Waals surface area contributed by atoms with E-state index in [1.54, 1.807) is 6.20 Å². The van der Waals surface area contributed by atoms with Crippen molar-refractivity contribution in [3.63, 3.8) is 0 Å². The summed E-state index contributed by atoms with van der Waals surface area (Å²) in [6.45, 7) is 2.93. The molecular weight excluding hydrogens is 206 g/mol. The number of Topliss-reactive ketones (excluding diaryl/α,β-unsaturated/α-hetero) is 2. The zero-order valence-corrected chi connectivity index (χ0v) is 9.86. The van der Waals surface area contributed by atoms with Crippen molar-refractivity contribution < 1.29 is 9.59 Å². The smallest absolute Gasteiger partial charge is 0.139 e. The highest BCUT2D eigenvalue weighted by Crippen LogP contribution is 2.05. The molecule has 15 heavy (non-hydrogen) atoms. The number of hydrogen-bond donors (Lipinski definition) is 0. The maximum absolute atomic E-state index is 11.2. The van der Waals surface area contributed by atoms with E-state index in [-0.39, 0.29) is 11.6 Å². The molecule has 0 saturated carbocycles. The maximum atomic E-state index is 11.2. The van der Waals surface area contributed by atoms with Crippen molar-refractivity contribution in [1.82, 2.24) is 4.98 Å². The van der Waals surface area contributed by atoms with Crippen LogP contribution in [0.3, 0.4) is 0 Å². The van der Waals surface area contributed by atoms with Crippen LogP contribution in [0.1, 0.15) is 13.8 Å². The third-order valence-electron chi connectivity index (χ3n) is 2.13. The molecule has 1 aromatic heterocycles. The fourth-order valence-corrected chi connectivity index (χ4v) is 2.62. The second kappa shape index (κ2) is 5.55. The number of rotatable bonds is 5. The third-order valence-corrected chi connectivity index (χ3v) is 3.40. The molecule has 0 aliphatic carbocycles. The Morgan fingerprint density at radius 2 is 2.00 bits per heavy atom. The van der Waals surface area contributed by atoms with Crippen LogP contribution in [0.15, 0.2) is 24.4 Å². The Balaban J connectivity index is 2.55. The van der Waals surface area contributed by atoms with Crippen molar-refractivity contribution in [2.45, 2.75) is 19.9 Å². The zero-order valence-electron chi connectivity index (χ0n) is 8.86. The second-order valence-corrected chi connectivity index (χ2v) is 4.64. The predicted molar refractivity (Wildman–Crippen MR) is 59.3 cm³/mol. The van der Waals surface area contributed by atoms with Gasteiger partial charge in [0.25, 0.3) is 0 Å². The Hall–Kier alpha value is -1.29. The van der Waals surface area contributed by atoms with Gasteiger partial charge in [-0.1, -0.05) is 6.07 Å². The Morgan fingerprint density at radius 3 is 2.47 bits per heavy atom. The number of carbonyl (C=O) groups is 2. The largest absolute Gasteiger partial charge is 0.299 e. The van der Waals surface area contributed by atoms with E-state index in [0.29, 0.717) is 15.6 Å². The first-order valence-electron chi connectivity index (χ1n) is 4.77. The van der Waals surface area contributed by atoms with E-state index in [1.165, 1.54) is 13.8 Å². The van der Waals surface area contributed by atoms with Crippen LogP contribution in [-0.2, 0) is 9.59 Å². The van der Waals surface area contributed by atoms with Gasteiger partial charge in [-0.2, -0.15) is 0 Å². The quantitative estimate of drug-likeness (QED) is 0.539. The number of nitrogens with zero attached hydrogens (tertiary/aromatic N) is 1. The molecule has 0 fully saturated rings. The topological polar surface area (TPSA) is 47.0 Å². The molecule has 1 heterocycles. The summed E-state index contributed by atoms with van der Waals surface area (Å²) in [5.74, 6) is -0.554. The summed E-state index contributed by atoms with van der Waals surface area (Å²) in [7, 11) is 0.418. The van der Waals surface area contributed by atoms with Crippen molar-refractivity contribution in [3.8, 4) is 0 Å². The molecule has 0 spiro atoms. The van der Waals surface area contributed by atoms with Crippen LogP contribution in [0, 0.1) is 5.92 Å². The van der Waals surface area contributed by atoms with Crippen LogP contribution < -0.4 is 5.32 Å². The van der Waals surface area contributed by atoms with Crippen molar-refractivity contribution in [2.24, 2.45) is 5.92 Å². The molecule has 0 saturated heterocycles. The fourth-order valence-electron chi connectivity index (χ4n) is 1.25. The molecule has 0 atom stereocenters. The number of hydrogen-bond acceptors (Lipinski definition) is 3. The first-order chi connectivity index (χ1) is 7.11. The van der Waals surface area contributed by atoms with E-state index in [1.807, 2.05) is 18.2 Å². The van der Waals surface area contributed by atoms with Gasteiger partial charge >= 0.3 is 0 Å². The Kier molecular flexibility index (Phi) is 4.36. The standard InChI is InChI=1S/C11H13NO2Si/c1-8(13)10(9(2)14)7-15-11-5-3-4-6-12-11/h3-6,10H,7H2,1-2H3. The van der Waals surface area contributed by atoms with Crippen LogP contribution in [0.25, 0.3) is 0 Å². The van der Waals surface area contributed by atoms with E-state index in [4.69, 9.17) is 0 Å². The minimum absolute atomic E-state index is 0.0501. The van der Waals surface area contributed by atoms with E-state index in [2.05, 4.69) is 4.98 Å². The average molecular weight is 219 g/mol. The van der Waals surface area contributed by atoms with Gasteiger partial charge in [-0.15, -0.1) is 0 Å². The summed E-state index contributed by atoms with van der Waals surface area (Å²) >= 11 is 0. The summed E-state index contributed by atoms with van der Waals surface area (Å²) in [5.41, 5.74) is 0. The first kappa shape index (κ1) is 11.8. The first-order valence-corrected chi connectivity index (χ1v) is 5.97. The molecule has 0 aliphatic heterocycles. The Morgan fingerprint density at radius 1 is 1.33 bits per heavy atom. The van der Waals surface area contributed by atoms with Gasteiger partial charge in [-0.3, -0.25) is 14.6 Å². The minimum atomic E-state index is -0.453. The molecule has 0 N–H and O–H groups in total. The van der Waals surface area contributed by atoms with Gasteiger partial charge < -0.3 is 0 Å². The molecular formula is C11H13NO2Si. The molecule has 0 bridgehead atoms. The molecule has 2 radical (unpaired) electrons. The summed E-state index contributed by atoms with van der Waals surface area (Å²) in [5, 5.41) is 0.949. The van der Waals surface area contributed by atoms with Gasteiger partial charge in [0.05, 0.1) is 5.92 Å². The monoisotopic (exact) mass is 219 g/mol. The third kappa shape index (κ3) is 3.75. The summed E-state index contributed by atoms with van der Waals surface area (Å²) in [4.78, 5) is 26.5. The number of ketones is 2. The molecule has 4 heteroatoms. The summed E-state index contributed by atoms with van der Waals surface area (Å²) in [6, 6.07) is 6.25. The van der Waals surface area contributed by atoms with Crippen LogP contribution in [-0.4, -0.2) is 26.1 Å². The van der Waals surface area contributed by atoms with Crippen LogP contribution in [0.2, 0.25) is 6.04 Å². The van der Waals surface area contributed by atoms with Crippen LogP contribution >= 0.6 is 0 Å². The van der Waals surface area contributed by atoms with Crippen LogP contribution in [0.5, 0.6) is 0 Å². The average Bonchev–Trinajstić information content (AvgIpc) is 2.18. The van der Waals surface area contributed by atoms with E-state index < -0.39 is 5.92 Å². The van der Waals surface area contributed by atoms with Crippen molar-refractivity contribution in [3.05, 3.63) is 24.4 Å². The zero-order chi connectivity index (χ0) is 11.3. The molecule has 0 amide bonds. The van der Waals surface area contributed by atoms with Crippen molar-refractivity contribution >= 4 is 26.4 Å². The maximum Gasteiger partial charge on any atom is 0.139 e. The Bertz CT molecular complexity index is 337. The summed E-state index contributed by atoms with van der Waals surface area (Å²) < 4.78 is 0. The van der Waals surface area contributed by atoms with E-state index >= 15 is 0 Å². The molecule has 1 rings (SSSR count). The highest BCUT2D eigenvalue weighted by molar-refractivity contribution is 6.53. The van der Waals surface area contributed by atoms with Gasteiger partial charge in [-0.25, -0.2) is 0 Å². The molecule has 3 nitrogen and oxygen atoms in total. The molecule has 1 aromatic rings. The SMILES string of the molecule is CC(=O)C(C[Si]c1ccccn1)C(C)=O. The molecule has 0 unspecified atom stereocenters. The Labute approximate surface area is 91.7 Å². The summed E-state index contributed by atoms with van der Waals surface area (Å²) in [6.07, 6.45) is 1.72. The molecule has 78 valence electrons. The van der Waals surface area contributed by atoms with Crippen molar-refractivity contribution in [2.75, 3.05) is 0 Å². The van der Waals surface area contributed by atoms with E-state index in [0.717, 1.165) is 5.32 Å². The lowest BCUT2D eigenvalue weighted by Crippen LogP contribution is -2.26. The predicted octanol–water partition coefficient (Wildman–Crippen LogP) is 0.624. The van der Waals surface area contributed by atoms with Gasteiger partial charge in [-0.05, 0) is 32.0 Å². The minimum Gasteiger partial charge on any atom is -0.299 e. The lowest BCUT2D eigenvalue weighted by Gasteiger charge is -2.08. The molecule has 0 aromatic carbocycles. The number of carbonyl (C=O) groups excluding carboxylic acids is 2. The van der Waals surface area contributed by atoms with Crippen molar-refractivity contribution in [1.29, 1.82) is 0 Å². The molecule has 0 aliphatic rings. The second-order valence-electron chi connectivity index (χ2n) is 3.37. The van der Waals surface area contributed by atoms with Gasteiger partial charge in [0, 0.05) is 11.5 Å². The van der Waals surface area contributed by atoms with Gasteiger partial charge in [0.15, 0.2) is 0 Å². The highest BCUT2D eigenvalue weighted by atomic mass is 28.2. The lowest BCUT2D eigenvalue weighted by molar-refractivity contribution is -0.129. The van der Waals surface area contributed by atoms with Gasteiger partial charge in [0.2, 0.25) is 0 Å².